The number of halogens is 1. The van der Waals surface area contributed by atoms with Crippen LogP contribution >= 0.6 is 22.9 Å². The second-order valence-electron chi connectivity index (χ2n) is 7.12. The third-order valence-corrected chi connectivity index (χ3v) is 6.41. The van der Waals surface area contributed by atoms with Crippen molar-refractivity contribution < 1.29 is 28.6 Å². The molecule has 0 aliphatic carbocycles. The average molecular weight is 471 g/mol. The number of carbonyl (C=O) groups excluding carboxylic acids is 2. The molecule has 4 heterocycles. The number of hydrogen-bond acceptors (Lipinski definition) is 8. The summed E-state index contributed by atoms with van der Waals surface area (Å²) in [5.74, 6) is -1.27. The predicted octanol–water partition coefficient (Wildman–Crippen LogP) is 4.72. The SMILES string of the molecule is Cc1ccc(C(=O)C2=C(O)C(=O)N(c3nc4c(Cl)cccc4s3)C2c2ccc(CO)o2)o1. The van der Waals surface area contributed by atoms with Crippen LogP contribution in [0.5, 0.6) is 0 Å². The monoisotopic (exact) mass is 470 g/mol. The molecule has 0 radical (unpaired) electrons. The summed E-state index contributed by atoms with van der Waals surface area (Å²) in [6, 6.07) is 10.3. The maximum Gasteiger partial charge on any atom is 0.296 e. The van der Waals surface area contributed by atoms with E-state index in [-0.39, 0.29) is 34.6 Å². The van der Waals surface area contributed by atoms with Crippen LogP contribution in [0.15, 0.2) is 62.6 Å². The summed E-state index contributed by atoms with van der Waals surface area (Å²) in [4.78, 5) is 32.1. The number of carbonyl (C=O) groups is 2. The summed E-state index contributed by atoms with van der Waals surface area (Å²) in [5.41, 5.74) is 0.297. The molecular weight excluding hydrogens is 456 g/mol. The van der Waals surface area contributed by atoms with Gasteiger partial charge in [-0.1, -0.05) is 29.0 Å². The van der Waals surface area contributed by atoms with Gasteiger partial charge in [0.25, 0.3) is 5.91 Å². The fourth-order valence-corrected chi connectivity index (χ4v) is 4.92. The van der Waals surface area contributed by atoms with E-state index < -0.39 is 23.5 Å². The Bertz CT molecular complexity index is 1410. The molecule has 10 heteroatoms. The minimum Gasteiger partial charge on any atom is -0.503 e. The van der Waals surface area contributed by atoms with Gasteiger partial charge in [0.05, 0.1) is 15.3 Å². The molecule has 1 aliphatic heterocycles. The lowest BCUT2D eigenvalue weighted by Gasteiger charge is -2.22. The summed E-state index contributed by atoms with van der Waals surface area (Å²) in [6.45, 7) is 1.31. The normalized spacial score (nSPS) is 16.5. The summed E-state index contributed by atoms with van der Waals surface area (Å²) in [6.07, 6.45) is 0. The van der Waals surface area contributed by atoms with Gasteiger partial charge in [0.15, 0.2) is 16.7 Å². The number of fused-ring (bicyclic) bond motifs is 1. The Morgan fingerprint density at radius 3 is 2.69 bits per heavy atom. The Morgan fingerprint density at radius 2 is 2.03 bits per heavy atom. The molecule has 1 aliphatic rings. The van der Waals surface area contributed by atoms with Crippen LogP contribution in [0.4, 0.5) is 5.13 Å². The number of benzene rings is 1. The smallest absolute Gasteiger partial charge is 0.296 e. The van der Waals surface area contributed by atoms with Crippen molar-refractivity contribution in [2.24, 2.45) is 0 Å². The van der Waals surface area contributed by atoms with Gasteiger partial charge in [0, 0.05) is 0 Å². The van der Waals surface area contributed by atoms with Crippen LogP contribution in [-0.2, 0) is 11.4 Å². The number of furan rings is 2. The number of amides is 1. The van der Waals surface area contributed by atoms with Gasteiger partial charge >= 0.3 is 0 Å². The minimum atomic E-state index is -1.11. The molecule has 1 unspecified atom stereocenters. The molecule has 0 spiro atoms. The summed E-state index contributed by atoms with van der Waals surface area (Å²) in [5, 5.41) is 20.8. The molecule has 162 valence electrons. The van der Waals surface area contributed by atoms with Gasteiger partial charge in [-0.25, -0.2) is 4.98 Å². The van der Waals surface area contributed by atoms with Crippen molar-refractivity contribution in [3.05, 3.63) is 81.9 Å². The average Bonchev–Trinajstić information content (AvgIpc) is 3.54. The fourth-order valence-electron chi connectivity index (χ4n) is 3.63. The Labute approximate surface area is 190 Å². The van der Waals surface area contributed by atoms with Gasteiger partial charge < -0.3 is 19.0 Å². The molecule has 1 amide bonds. The molecular formula is C22H15ClN2O6S. The first-order valence-corrected chi connectivity index (χ1v) is 10.7. The van der Waals surface area contributed by atoms with Crippen molar-refractivity contribution in [3.63, 3.8) is 0 Å². The van der Waals surface area contributed by atoms with Crippen LogP contribution in [0.25, 0.3) is 10.2 Å². The van der Waals surface area contributed by atoms with E-state index in [0.29, 0.717) is 16.3 Å². The highest BCUT2D eigenvalue weighted by Crippen LogP contribution is 2.45. The van der Waals surface area contributed by atoms with Crippen LogP contribution < -0.4 is 4.90 Å². The van der Waals surface area contributed by atoms with E-state index in [1.165, 1.54) is 34.4 Å². The van der Waals surface area contributed by atoms with Crippen molar-refractivity contribution in [1.29, 1.82) is 0 Å². The van der Waals surface area contributed by atoms with E-state index >= 15 is 0 Å². The quantitative estimate of drug-likeness (QED) is 0.405. The number of aromatic nitrogens is 1. The standard InChI is InChI=1S/C22H15ClN2O6S/c1-10-5-7-14(30-10)19(27)16-18(13-8-6-11(9-26)31-13)25(21(29)20(16)28)22-24-17-12(23)3-2-4-15(17)32-22/h2-8,18,26,28H,9H2,1H3. The predicted molar refractivity (Wildman–Crippen MR) is 117 cm³/mol. The molecule has 0 saturated heterocycles. The molecule has 1 aromatic carbocycles. The summed E-state index contributed by atoms with van der Waals surface area (Å²) in [7, 11) is 0. The van der Waals surface area contributed by atoms with Crippen LogP contribution in [0, 0.1) is 6.92 Å². The van der Waals surface area contributed by atoms with E-state index in [2.05, 4.69) is 4.98 Å². The van der Waals surface area contributed by atoms with E-state index in [9.17, 15) is 19.8 Å². The number of nitrogens with zero attached hydrogens (tertiary/aromatic N) is 2. The zero-order valence-electron chi connectivity index (χ0n) is 16.5. The lowest BCUT2D eigenvalue weighted by atomic mass is 10.00. The first-order chi connectivity index (χ1) is 15.4. The zero-order chi connectivity index (χ0) is 22.6. The topological polar surface area (TPSA) is 117 Å². The van der Waals surface area contributed by atoms with Crippen molar-refractivity contribution in [2.75, 3.05) is 4.90 Å². The lowest BCUT2D eigenvalue weighted by molar-refractivity contribution is -0.117. The minimum absolute atomic E-state index is 0.0232. The van der Waals surface area contributed by atoms with Gasteiger partial charge in [-0.3, -0.25) is 14.5 Å². The number of rotatable bonds is 5. The van der Waals surface area contributed by atoms with E-state index in [1.54, 1.807) is 31.2 Å². The van der Waals surface area contributed by atoms with Crippen molar-refractivity contribution >= 4 is 50.0 Å². The second-order valence-corrected chi connectivity index (χ2v) is 8.54. The summed E-state index contributed by atoms with van der Waals surface area (Å²) < 4.78 is 11.8. The Kier molecular flexibility index (Phi) is 4.89. The number of aliphatic hydroxyl groups excluding tert-OH is 2. The van der Waals surface area contributed by atoms with Gasteiger partial charge in [-0.05, 0) is 43.3 Å². The van der Waals surface area contributed by atoms with Gasteiger partial charge in [0.2, 0.25) is 5.78 Å². The van der Waals surface area contributed by atoms with Crippen molar-refractivity contribution in [3.8, 4) is 0 Å². The molecule has 1 atom stereocenters. The van der Waals surface area contributed by atoms with Gasteiger partial charge in [-0.15, -0.1) is 0 Å². The summed E-state index contributed by atoms with van der Waals surface area (Å²) >= 11 is 7.43. The number of hydrogen-bond donors (Lipinski definition) is 2. The number of anilines is 1. The highest BCUT2D eigenvalue weighted by atomic mass is 35.5. The zero-order valence-corrected chi connectivity index (χ0v) is 18.1. The number of ketones is 1. The lowest BCUT2D eigenvalue weighted by Crippen LogP contribution is -2.30. The molecule has 8 nitrogen and oxygen atoms in total. The molecule has 0 bridgehead atoms. The largest absolute Gasteiger partial charge is 0.503 e. The van der Waals surface area contributed by atoms with Gasteiger partial charge in [-0.2, -0.15) is 0 Å². The van der Waals surface area contributed by atoms with E-state index in [1.807, 2.05) is 0 Å². The van der Waals surface area contributed by atoms with Crippen LogP contribution in [-0.4, -0.2) is 26.9 Å². The molecule has 4 aromatic rings. The Morgan fingerprint density at radius 1 is 1.22 bits per heavy atom. The third-order valence-electron chi connectivity index (χ3n) is 5.09. The maximum atomic E-state index is 13.3. The number of aliphatic hydroxyl groups is 2. The van der Waals surface area contributed by atoms with Gasteiger partial charge in [0.1, 0.15) is 35.4 Å². The van der Waals surface area contributed by atoms with Crippen molar-refractivity contribution in [1.82, 2.24) is 4.98 Å². The Balaban J connectivity index is 1.68. The fraction of sp³-hybridized carbons (Fsp3) is 0.136. The number of Topliss-reactive ketones (excluding diaryl/α,β-unsaturated/α-hetero) is 1. The number of aryl methyl sites for hydroxylation is 1. The molecule has 2 N–H and O–H groups in total. The molecule has 5 rings (SSSR count). The second kappa shape index (κ2) is 7.63. The van der Waals surface area contributed by atoms with E-state index in [0.717, 1.165) is 4.70 Å². The third kappa shape index (κ3) is 3.13. The molecule has 0 saturated carbocycles. The van der Waals surface area contributed by atoms with Crippen LogP contribution in [0.3, 0.4) is 0 Å². The van der Waals surface area contributed by atoms with Crippen LogP contribution in [0.2, 0.25) is 5.02 Å². The first-order valence-electron chi connectivity index (χ1n) is 9.51. The Hall–Kier alpha value is -3.40. The first kappa shape index (κ1) is 20.5. The molecule has 32 heavy (non-hydrogen) atoms. The van der Waals surface area contributed by atoms with Crippen molar-refractivity contribution in [2.45, 2.75) is 19.6 Å². The van der Waals surface area contributed by atoms with E-state index in [4.69, 9.17) is 20.4 Å². The molecule has 0 fully saturated rings. The molecule has 3 aromatic heterocycles. The highest BCUT2D eigenvalue weighted by molar-refractivity contribution is 7.22. The highest BCUT2D eigenvalue weighted by Gasteiger charge is 2.48. The number of thiazole rings is 1. The number of para-hydroxylation sites is 1. The van der Waals surface area contributed by atoms with Crippen LogP contribution in [0.1, 0.15) is 33.9 Å². The maximum absolute atomic E-state index is 13.3.